The largest absolute Gasteiger partial charge is 0.496 e. The first-order valence-corrected chi connectivity index (χ1v) is 4.27. The maximum atomic E-state index is 13.5. The standard InChI is InChI=1S/C10H12FN3O/c1-4-13-10(12-2)8-7(15-3)5-6-14-9(8)11/h4-6H,1H2,2-3H3,(H,12,13). The Hall–Kier alpha value is -1.91. The number of nitrogens with zero attached hydrogens (tertiary/aromatic N) is 2. The van der Waals surface area contributed by atoms with E-state index in [0.29, 0.717) is 11.6 Å². The number of methoxy groups -OCH3 is 1. The Labute approximate surface area is 87.5 Å². The van der Waals surface area contributed by atoms with Crippen LogP contribution in [0.1, 0.15) is 5.56 Å². The molecule has 0 bridgehead atoms. The fourth-order valence-corrected chi connectivity index (χ4v) is 1.15. The van der Waals surface area contributed by atoms with Crippen molar-refractivity contribution in [3.63, 3.8) is 0 Å². The molecule has 1 heterocycles. The summed E-state index contributed by atoms with van der Waals surface area (Å²) in [4.78, 5) is 7.43. The zero-order valence-electron chi connectivity index (χ0n) is 8.62. The van der Waals surface area contributed by atoms with Crippen LogP contribution in [0.2, 0.25) is 0 Å². The van der Waals surface area contributed by atoms with E-state index in [1.807, 2.05) is 0 Å². The molecule has 0 saturated carbocycles. The third kappa shape index (κ3) is 2.31. The first-order chi connectivity index (χ1) is 7.24. The minimum atomic E-state index is -0.635. The molecule has 0 atom stereocenters. The van der Waals surface area contributed by atoms with Gasteiger partial charge in [-0.1, -0.05) is 6.58 Å². The van der Waals surface area contributed by atoms with Gasteiger partial charge in [-0.2, -0.15) is 4.39 Å². The summed E-state index contributed by atoms with van der Waals surface area (Å²) < 4.78 is 18.5. The van der Waals surface area contributed by atoms with Crippen molar-refractivity contribution in [2.75, 3.05) is 14.2 Å². The van der Waals surface area contributed by atoms with Gasteiger partial charge in [-0.15, -0.1) is 0 Å². The third-order valence-electron chi connectivity index (χ3n) is 1.79. The fraction of sp³-hybridized carbons (Fsp3) is 0.200. The molecule has 1 rings (SSSR count). The minimum absolute atomic E-state index is 0.197. The summed E-state index contributed by atoms with van der Waals surface area (Å²) in [7, 11) is 3.00. The van der Waals surface area contributed by atoms with Gasteiger partial charge in [0.15, 0.2) is 0 Å². The van der Waals surface area contributed by atoms with E-state index in [9.17, 15) is 4.39 Å². The molecule has 0 spiro atoms. The van der Waals surface area contributed by atoms with E-state index in [1.54, 1.807) is 6.07 Å². The van der Waals surface area contributed by atoms with Crippen LogP contribution in [0.4, 0.5) is 4.39 Å². The highest BCUT2D eigenvalue weighted by molar-refractivity contribution is 6.01. The number of aromatic nitrogens is 1. The van der Waals surface area contributed by atoms with Gasteiger partial charge in [0.1, 0.15) is 17.1 Å². The van der Waals surface area contributed by atoms with Crippen LogP contribution < -0.4 is 10.1 Å². The van der Waals surface area contributed by atoms with Crippen LogP contribution in [0.3, 0.4) is 0 Å². The van der Waals surface area contributed by atoms with E-state index >= 15 is 0 Å². The Morgan fingerprint density at radius 3 is 3.00 bits per heavy atom. The van der Waals surface area contributed by atoms with Crippen LogP contribution in [-0.2, 0) is 0 Å². The van der Waals surface area contributed by atoms with Gasteiger partial charge in [0.25, 0.3) is 0 Å². The first kappa shape index (κ1) is 11.2. The van der Waals surface area contributed by atoms with Crippen LogP contribution in [-0.4, -0.2) is 25.0 Å². The van der Waals surface area contributed by atoms with Crippen LogP contribution in [0.15, 0.2) is 30.0 Å². The van der Waals surface area contributed by atoms with Crippen molar-refractivity contribution >= 4 is 5.84 Å². The molecule has 1 aromatic rings. The second kappa shape index (κ2) is 5.09. The van der Waals surface area contributed by atoms with Gasteiger partial charge >= 0.3 is 0 Å². The van der Waals surface area contributed by atoms with E-state index in [-0.39, 0.29) is 5.56 Å². The molecule has 5 heteroatoms. The van der Waals surface area contributed by atoms with E-state index in [0.717, 1.165) is 0 Å². The molecule has 0 fully saturated rings. The van der Waals surface area contributed by atoms with Crippen LogP contribution in [0, 0.1) is 5.95 Å². The van der Waals surface area contributed by atoms with Gasteiger partial charge < -0.3 is 10.1 Å². The molecular weight excluding hydrogens is 197 g/mol. The Bertz CT molecular complexity index is 390. The number of rotatable bonds is 3. The molecule has 4 nitrogen and oxygen atoms in total. The molecule has 0 amide bonds. The van der Waals surface area contributed by atoms with Crippen LogP contribution >= 0.6 is 0 Å². The van der Waals surface area contributed by atoms with Crippen molar-refractivity contribution in [3.8, 4) is 5.75 Å². The number of amidine groups is 1. The summed E-state index contributed by atoms with van der Waals surface area (Å²) in [5.74, 6) is 0.0641. The lowest BCUT2D eigenvalue weighted by molar-refractivity contribution is 0.407. The molecule has 0 aliphatic rings. The van der Waals surface area contributed by atoms with Gasteiger partial charge in [0.2, 0.25) is 5.95 Å². The van der Waals surface area contributed by atoms with Crippen molar-refractivity contribution in [3.05, 3.63) is 36.6 Å². The molecular formula is C10H12FN3O. The summed E-state index contributed by atoms with van der Waals surface area (Å²) in [6.45, 7) is 3.48. The minimum Gasteiger partial charge on any atom is -0.496 e. The number of ether oxygens (including phenoxy) is 1. The highest BCUT2D eigenvalue weighted by Crippen LogP contribution is 2.19. The maximum Gasteiger partial charge on any atom is 0.227 e. The lowest BCUT2D eigenvalue weighted by Crippen LogP contribution is -2.21. The summed E-state index contributed by atoms with van der Waals surface area (Å²) in [6, 6.07) is 1.56. The molecule has 0 aliphatic heterocycles. The van der Waals surface area contributed by atoms with Gasteiger partial charge in [-0.05, 0) is 12.3 Å². The van der Waals surface area contributed by atoms with Gasteiger partial charge in [0.05, 0.1) is 7.11 Å². The van der Waals surface area contributed by atoms with Crippen LogP contribution in [0.25, 0.3) is 0 Å². The number of aliphatic imine (C=N–C) groups is 1. The molecule has 15 heavy (non-hydrogen) atoms. The summed E-state index contributed by atoms with van der Waals surface area (Å²) in [6.07, 6.45) is 2.74. The quantitative estimate of drug-likeness (QED) is 0.464. The van der Waals surface area contributed by atoms with Gasteiger partial charge in [-0.25, -0.2) is 4.98 Å². The Balaban J connectivity index is 3.26. The number of nitrogens with one attached hydrogen (secondary N) is 1. The van der Waals surface area contributed by atoms with Crippen molar-refractivity contribution in [1.29, 1.82) is 0 Å². The molecule has 1 N–H and O–H groups in total. The smallest absolute Gasteiger partial charge is 0.227 e. The van der Waals surface area contributed by atoms with Gasteiger partial charge in [-0.3, -0.25) is 4.99 Å². The van der Waals surface area contributed by atoms with Crippen molar-refractivity contribution < 1.29 is 9.13 Å². The molecule has 0 aliphatic carbocycles. The predicted molar refractivity (Wildman–Crippen MR) is 56.5 cm³/mol. The molecule has 80 valence electrons. The average molecular weight is 209 g/mol. The second-order valence-electron chi connectivity index (χ2n) is 2.60. The molecule has 0 radical (unpaired) electrons. The fourth-order valence-electron chi connectivity index (χ4n) is 1.15. The Kier molecular flexibility index (Phi) is 3.79. The number of pyridine rings is 1. The van der Waals surface area contributed by atoms with Crippen LogP contribution in [0.5, 0.6) is 5.75 Å². The Morgan fingerprint density at radius 2 is 2.47 bits per heavy atom. The second-order valence-corrected chi connectivity index (χ2v) is 2.60. The monoisotopic (exact) mass is 209 g/mol. The highest BCUT2D eigenvalue weighted by atomic mass is 19.1. The van der Waals surface area contributed by atoms with E-state index in [2.05, 4.69) is 21.9 Å². The Morgan fingerprint density at radius 1 is 1.73 bits per heavy atom. The van der Waals surface area contributed by atoms with Crippen molar-refractivity contribution in [2.45, 2.75) is 0 Å². The topological polar surface area (TPSA) is 46.5 Å². The number of hydrogen-bond donors (Lipinski definition) is 1. The molecule has 0 saturated heterocycles. The van der Waals surface area contributed by atoms with E-state index < -0.39 is 5.95 Å². The highest BCUT2D eigenvalue weighted by Gasteiger charge is 2.15. The number of hydrogen-bond acceptors (Lipinski definition) is 3. The van der Waals surface area contributed by atoms with Crippen molar-refractivity contribution in [1.82, 2.24) is 10.3 Å². The van der Waals surface area contributed by atoms with E-state index in [4.69, 9.17) is 4.74 Å². The maximum absolute atomic E-state index is 13.5. The average Bonchev–Trinajstić information content (AvgIpc) is 2.26. The van der Waals surface area contributed by atoms with Crippen molar-refractivity contribution in [2.24, 2.45) is 4.99 Å². The molecule has 1 aromatic heterocycles. The zero-order valence-corrected chi connectivity index (χ0v) is 8.62. The SMILES string of the molecule is C=CNC(=NC)c1c(OC)ccnc1F. The normalized spacial score (nSPS) is 11.0. The lowest BCUT2D eigenvalue weighted by Gasteiger charge is -2.10. The van der Waals surface area contributed by atoms with E-state index in [1.165, 1.54) is 26.6 Å². The third-order valence-corrected chi connectivity index (χ3v) is 1.79. The molecule has 0 aromatic carbocycles. The summed E-state index contributed by atoms with van der Waals surface area (Å²) >= 11 is 0. The number of halogens is 1. The molecule has 0 unspecified atom stereocenters. The lowest BCUT2D eigenvalue weighted by atomic mass is 10.2. The first-order valence-electron chi connectivity index (χ1n) is 4.27. The predicted octanol–water partition coefficient (Wildman–Crippen LogP) is 1.34. The summed E-state index contributed by atoms with van der Waals surface area (Å²) in [5.41, 5.74) is 0.197. The zero-order chi connectivity index (χ0) is 11.3. The van der Waals surface area contributed by atoms with Gasteiger partial charge in [0, 0.05) is 13.2 Å². The summed E-state index contributed by atoms with van der Waals surface area (Å²) in [5, 5.41) is 2.72.